The monoisotopic (exact) mass is 180 g/mol. The van der Waals surface area contributed by atoms with E-state index in [1.807, 2.05) is 0 Å². The van der Waals surface area contributed by atoms with Crippen LogP contribution in [0.25, 0.3) is 0 Å². The summed E-state index contributed by atoms with van der Waals surface area (Å²) in [6.07, 6.45) is 3.37. The van der Waals surface area contributed by atoms with Gasteiger partial charge in [-0.05, 0) is 25.2 Å². The molecular formula is C11H20N2. The van der Waals surface area contributed by atoms with Gasteiger partial charge in [-0.25, -0.2) is 0 Å². The minimum atomic E-state index is 0.552. The van der Waals surface area contributed by atoms with Crippen LogP contribution >= 0.6 is 0 Å². The summed E-state index contributed by atoms with van der Waals surface area (Å²) >= 11 is 0. The molecule has 0 aromatic rings. The second-order valence-electron chi connectivity index (χ2n) is 4.00. The highest BCUT2D eigenvalue weighted by molar-refractivity contribution is 5.97. The lowest BCUT2D eigenvalue weighted by molar-refractivity contribution is 0.643. The van der Waals surface area contributed by atoms with E-state index in [9.17, 15) is 0 Å². The average molecular weight is 180 g/mol. The fourth-order valence-electron chi connectivity index (χ4n) is 1.71. The average Bonchev–Trinajstić information content (AvgIpc) is 2.16. The van der Waals surface area contributed by atoms with Gasteiger partial charge in [0.05, 0.1) is 0 Å². The maximum absolute atomic E-state index is 4.31. The van der Waals surface area contributed by atoms with E-state index in [0.29, 0.717) is 11.8 Å². The van der Waals surface area contributed by atoms with Gasteiger partial charge in [-0.3, -0.25) is 0 Å². The number of nitrogens with zero attached hydrogens (tertiary/aromatic N) is 2. The molecule has 2 heteroatoms. The molecule has 0 aliphatic carbocycles. The third kappa shape index (κ3) is 2.39. The first kappa shape index (κ1) is 10.4. The van der Waals surface area contributed by atoms with Crippen LogP contribution in [0.2, 0.25) is 0 Å². The summed E-state index contributed by atoms with van der Waals surface area (Å²) in [5, 5.41) is 8.59. The van der Waals surface area contributed by atoms with Crippen LogP contribution in [-0.2, 0) is 0 Å². The molecule has 2 nitrogen and oxygen atoms in total. The molecule has 1 atom stereocenters. The summed E-state index contributed by atoms with van der Waals surface area (Å²) in [6.45, 7) is 8.78. The Bertz CT molecular complexity index is 226. The normalized spacial score (nSPS) is 23.0. The third-order valence-corrected chi connectivity index (χ3v) is 2.76. The van der Waals surface area contributed by atoms with Gasteiger partial charge >= 0.3 is 0 Å². The van der Waals surface area contributed by atoms with Crippen molar-refractivity contribution < 1.29 is 0 Å². The summed E-state index contributed by atoms with van der Waals surface area (Å²) < 4.78 is 0. The second kappa shape index (κ2) is 4.54. The minimum Gasteiger partial charge on any atom is -0.160 e. The molecular weight excluding hydrogens is 160 g/mol. The molecule has 1 aliphatic rings. The first-order valence-electron chi connectivity index (χ1n) is 5.32. The maximum atomic E-state index is 4.31. The smallest absolute Gasteiger partial charge is 0.0437 e. The van der Waals surface area contributed by atoms with Gasteiger partial charge < -0.3 is 0 Å². The van der Waals surface area contributed by atoms with Crippen molar-refractivity contribution >= 4 is 11.4 Å². The molecule has 74 valence electrons. The van der Waals surface area contributed by atoms with Crippen molar-refractivity contribution in [2.45, 2.75) is 47.0 Å². The summed E-state index contributed by atoms with van der Waals surface area (Å²) in [5.74, 6) is 1.20. The third-order valence-electron chi connectivity index (χ3n) is 2.76. The van der Waals surface area contributed by atoms with E-state index in [-0.39, 0.29) is 0 Å². The molecule has 0 amide bonds. The fourth-order valence-corrected chi connectivity index (χ4v) is 1.71. The van der Waals surface area contributed by atoms with E-state index in [2.05, 4.69) is 37.9 Å². The molecule has 1 unspecified atom stereocenters. The minimum absolute atomic E-state index is 0.552. The van der Waals surface area contributed by atoms with E-state index >= 15 is 0 Å². The lowest BCUT2D eigenvalue weighted by atomic mass is 9.88. The fraction of sp³-hybridized carbons (Fsp3) is 0.818. The van der Waals surface area contributed by atoms with E-state index in [4.69, 9.17) is 0 Å². The quantitative estimate of drug-likeness (QED) is 0.636. The number of hydrogen-bond donors (Lipinski definition) is 0. The van der Waals surface area contributed by atoms with Crippen LogP contribution in [-0.4, -0.2) is 11.4 Å². The summed E-state index contributed by atoms with van der Waals surface area (Å²) in [7, 11) is 0. The first-order valence-corrected chi connectivity index (χ1v) is 5.32. The first-order chi connectivity index (χ1) is 6.19. The Morgan fingerprint density at radius 1 is 1.31 bits per heavy atom. The summed E-state index contributed by atoms with van der Waals surface area (Å²) in [5.41, 5.74) is 2.55. The molecule has 1 aliphatic heterocycles. The van der Waals surface area contributed by atoms with E-state index < -0.39 is 0 Å². The lowest BCUT2D eigenvalue weighted by Gasteiger charge is -2.22. The molecule has 0 aromatic carbocycles. The molecule has 0 aromatic heterocycles. The Kier molecular flexibility index (Phi) is 3.64. The van der Waals surface area contributed by atoms with Gasteiger partial charge in [-0.15, -0.1) is 0 Å². The SMILES string of the molecule is CCC1=NN=C(C(C)C)CC1CC. The van der Waals surface area contributed by atoms with Crippen molar-refractivity contribution in [2.24, 2.45) is 22.0 Å². The van der Waals surface area contributed by atoms with Gasteiger partial charge in [-0.2, -0.15) is 10.2 Å². The standard InChI is InChI=1S/C11H20N2/c1-5-9-7-11(8(3)4)13-12-10(9)6-2/h8-9H,5-7H2,1-4H3. The molecule has 1 heterocycles. The summed E-state index contributed by atoms with van der Waals surface area (Å²) in [4.78, 5) is 0. The zero-order chi connectivity index (χ0) is 9.84. The van der Waals surface area contributed by atoms with Gasteiger partial charge in [0.15, 0.2) is 0 Å². The topological polar surface area (TPSA) is 24.7 Å². The van der Waals surface area contributed by atoms with Gasteiger partial charge in [0.25, 0.3) is 0 Å². The van der Waals surface area contributed by atoms with Crippen molar-refractivity contribution in [1.29, 1.82) is 0 Å². The Balaban J connectivity index is 2.76. The Morgan fingerprint density at radius 2 is 2.00 bits per heavy atom. The van der Waals surface area contributed by atoms with Gasteiger partial charge in [0.1, 0.15) is 0 Å². The molecule has 0 fully saturated rings. The predicted octanol–water partition coefficient (Wildman–Crippen LogP) is 3.28. The zero-order valence-corrected chi connectivity index (χ0v) is 9.17. The van der Waals surface area contributed by atoms with Crippen LogP contribution in [0, 0.1) is 11.8 Å². The van der Waals surface area contributed by atoms with Gasteiger partial charge in [0.2, 0.25) is 0 Å². The lowest BCUT2D eigenvalue weighted by Crippen LogP contribution is -2.23. The maximum Gasteiger partial charge on any atom is 0.0437 e. The van der Waals surface area contributed by atoms with Crippen molar-refractivity contribution in [2.75, 3.05) is 0 Å². The molecule has 1 rings (SSSR count). The van der Waals surface area contributed by atoms with Crippen LogP contribution in [0.1, 0.15) is 47.0 Å². The van der Waals surface area contributed by atoms with Gasteiger partial charge in [-0.1, -0.05) is 27.7 Å². The number of hydrogen-bond acceptors (Lipinski definition) is 2. The second-order valence-corrected chi connectivity index (χ2v) is 4.00. The molecule has 0 saturated carbocycles. The van der Waals surface area contributed by atoms with Crippen LogP contribution in [0.15, 0.2) is 10.2 Å². The molecule has 0 N–H and O–H groups in total. The van der Waals surface area contributed by atoms with Crippen LogP contribution in [0.5, 0.6) is 0 Å². The molecule has 13 heavy (non-hydrogen) atoms. The van der Waals surface area contributed by atoms with Crippen molar-refractivity contribution in [3.05, 3.63) is 0 Å². The largest absolute Gasteiger partial charge is 0.160 e. The molecule has 0 spiro atoms. The highest BCUT2D eigenvalue weighted by Gasteiger charge is 2.20. The van der Waals surface area contributed by atoms with Crippen LogP contribution < -0.4 is 0 Å². The molecule has 0 radical (unpaired) electrons. The number of rotatable bonds is 3. The van der Waals surface area contributed by atoms with Crippen LogP contribution in [0.4, 0.5) is 0 Å². The highest BCUT2D eigenvalue weighted by atomic mass is 15.2. The Hall–Kier alpha value is -0.660. The van der Waals surface area contributed by atoms with Crippen molar-refractivity contribution in [1.82, 2.24) is 0 Å². The Labute approximate surface area is 81.1 Å². The van der Waals surface area contributed by atoms with E-state index in [1.54, 1.807) is 0 Å². The molecule has 0 saturated heterocycles. The highest BCUT2D eigenvalue weighted by Crippen LogP contribution is 2.21. The van der Waals surface area contributed by atoms with E-state index in [0.717, 1.165) is 12.8 Å². The van der Waals surface area contributed by atoms with Crippen LogP contribution in [0.3, 0.4) is 0 Å². The summed E-state index contributed by atoms with van der Waals surface area (Å²) in [6, 6.07) is 0. The Morgan fingerprint density at radius 3 is 2.46 bits per heavy atom. The zero-order valence-electron chi connectivity index (χ0n) is 9.17. The van der Waals surface area contributed by atoms with Crippen molar-refractivity contribution in [3.8, 4) is 0 Å². The van der Waals surface area contributed by atoms with Crippen molar-refractivity contribution in [3.63, 3.8) is 0 Å². The van der Waals surface area contributed by atoms with E-state index in [1.165, 1.54) is 17.8 Å². The molecule has 0 bridgehead atoms. The van der Waals surface area contributed by atoms with Gasteiger partial charge in [0, 0.05) is 17.3 Å². The predicted molar refractivity (Wildman–Crippen MR) is 58.4 cm³/mol.